The normalized spacial score (nSPS) is 46.2. The zero-order valence-electron chi connectivity index (χ0n) is 23.8. The summed E-state index contributed by atoms with van der Waals surface area (Å²) in [5.41, 5.74) is 1.57. The zero-order valence-corrected chi connectivity index (χ0v) is 23.8. The highest BCUT2D eigenvalue weighted by molar-refractivity contribution is 5.88. The van der Waals surface area contributed by atoms with Crippen molar-refractivity contribution in [1.82, 2.24) is 0 Å². The summed E-state index contributed by atoms with van der Waals surface area (Å²) in [5.74, 6) is -0.909. The van der Waals surface area contributed by atoms with E-state index in [0.717, 1.165) is 36.8 Å². The van der Waals surface area contributed by atoms with E-state index in [0.29, 0.717) is 37.2 Å². The summed E-state index contributed by atoms with van der Waals surface area (Å²) >= 11 is 0. The minimum absolute atomic E-state index is 0.0474. The smallest absolute Gasteiger partial charge is 0.331 e. The van der Waals surface area contributed by atoms with E-state index in [1.165, 1.54) is 6.92 Å². The van der Waals surface area contributed by atoms with Crippen LogP contribution in [0.1, 0.15) is 99.8 Å². The first-order chi connectivity index (χ1) is 17.2. The molecule has 4 aliphatic carbocycles. The second-order valence-electron chi connectivity index (χ2n) is 13.6. The predicted molar refractivity (Wildman–Crippen MR) is 143 cm³/mol. The van der Waals surface area contributed by atoms with Crippen molar-refractivity contribution in [1.29, 1.82) is 0 Å². The minimum Gasteiger partial charge on any atom is -0.478 e. The molecule has 4 rings (SSSR count). The lowest BCUT2D eigenvalue weighted by molar-refractivity contribution is -0.234. The molecular weight excluding hydrogens is 468 g/mol. The first-order valence-corrected chi connectivity index (χ1v) is 14.3. The number of aliphatic carboxylic acids is 1. The molecule has 0 bridgehead atoms. The van der Waals surface area contributed by atoms with Gasteiger partial charge in [-0.05, 0) is 111 Å². The number of ether oxygens (including phenoxy) is 1. The quantitative estimate of drug-likeness (QED) is 0.247. The average Bonchev–Trinajstić information content (AvgIpc) is 3.05. The highest BCUT2D eigenvalue weighted by Gasteiger charge is 2.70. The molecule has 3 N–H and O–H groups in total. The van der Waals surface area contributed by atoms with E-state index in [-0.39, 0.29) is 40.1 Å². The summed E-state index contributed by atoms with van der Waals surface area (Å²) in [6, 6.07) is 0. The molecule has 0 radical (unpaired) electrons. The van der Waals surface area contributed by atoms with Crippen LogP contribution in [0.3, 0.4) is 0 Å². The monoisotopic (exact) mass is 516 g/mol. The Hall–Kier alpha value is -1.66. The number of carbonyl (C=O) groups is 2. The molecule has 0 aliphatic heterocycles. The second kappa shape index (κ2) is 9.82. The van der Waals surface area contributed by atoms with Crippen LogP contribution in [0.5, 0.6) is 0 Å². The van der Waals surface area contributed by atoms with Gasteiger partial charge in [-0.3, -0.25) is 4.79 Å². The Morgan fingerprint density at radius 1 is 1.03 bits per heavy atom. The Morgan fingerprint density at radius 2 is 1.70 bits per heavy atom. The van der Waals surface area contributed by atoms with Crippen LogP contribution in [-0.4, -0.2) is 45.6 Å². The lowest BCUT2D eigenvalue weighted by atomic mass is 9.36. The molecule has 6 heteroatoms. The molecule has 0 saturated heterocycles. The molecule has 0 heterocycles. The van der Waals surface area contributed by atoms with Crippen molar-refractivity contribution < 1.29 is 29.6 Å². The molecule has 208 valence electrons. The van der Waals surface area contributed by atoms with Crippen LogP contribution in [0.4, 0.5) is 0 Å². The van der Waals surface area contributed by atoms with E-state index in [1.54, 1.807) is 0 Å². The van der Waals surface area contributed by atoms with Crippen LogP contribution < -0.4 is 0 Å². The topological polar surface area (TPSA) is 104 Å². The Morgan fingerprint density at radius 3 is 2.30 bits per heavy atom. The van der Waals surface area contributed by atoms with E-state index in [4.69, 9.17) is 4.74 Å². The van der Waals surface area contributed by atoms with Crippen LogP contribution in [0.2, 0.25) is 0 Å². The maximum absolute atomic E-state index is 12.6. The van der Waals surface area contributed by atoms with E-state index < -0.39 is 24.1 Å². The van der Waals surface area contributed by atoms with Gasteiger partial charge in [0.15, 0.2) is 0 Å². The van der Waals surface area contributed by atoms with E-state index in [2.05, 4.69) is 27.7 Å². The number of hydrogen-bond donors (Lipinski definition) is 3. The molecule has 4 saturated carbocycles. The van der Waals surface area contributed by atoms with Gasteiger partial charge in [0.1, 0.15) is 6.10 Å². The molecule has 4 aliphatic rings. The van der Waals surface area contributed by atoms with Gasteiger partial charge in [0.2, 0.25) is 0 Å². The maximum Gasteiger partial charge on any atom is 0.331 e. The molecular formula is C31H48O6. The van der Waals surface area contributed by atoms with Gasteiger partial charge in [0.25, 0.3) is 0 Å². The summed E-state index contributed by atoms with van der Waals surface area (Å²) in [4.78, 5) is 24.8. The molecule has 0 spiro atoms. The summed E-state index contributed by atoms with van der Waals surface area (Å²) in [5, 5.41) is 32.9. The van der Waals surface area contributed by atoms with Crippen LogP contribution in [0, 0.1) is 39.9 Å². The fourth-order valence-corrected chi connectivity index (χ4v) is 9.79. The Labute approximate surface area is 222 Å². The fraction of sp³-hybridized carbons (Fsp3) is 0.806. The number of aliphatic hydroxyl groups is 2. The van der Waals surface area contributed by atoms with Crippen molar-refractivity contribution in [2.24, 2.45) is 39.9 Å². The SMILES string of the molecule is CC(=O)OC1C[C@@]2(C)C(CC(O)C3[C@@]4(C)CCC(O)C(C)C4CC[C@@]32C)C1=C(CCC=C(C)C)C(=O)O. The number of fused-ring (bicyclic) bond motifs is 5. The molecule has 37 heavy (non-hydrogen) atoms. The van der Waals surface area contributed by atoms with E-state index in [9.17, 15) is 24.9 Å². The number of carboxylic acid groups (broad SMARTS) is 1. The van der Waals surface area contributed by atoms with Crippen LogP contribution >= 0.6 is 0 Å². The molecule has 0 aromatic rings. The summed E-state index contributed by atoms with van der Waals surface area (Å²) in [6.07, 6.45) is 6.22. The van der Waals surface area contributed by atoms with E-state index in [1.807, 2.05) is 19.9 Å². The Balaban J connectivity index is 1.82. The van der Waals surface area contributed by atoms with Gasteiger partial charge >= 0.3 is 11.9 Å². The number of esters is 1. The van der Waals surface area contributed by atoms with Gasteiger partial charge < -0.3 is 20.1 Å². The minimum atomic E-state index is -0.953. The van der Waals surface area contributed by atoms with Crippen LogP contribution in [0.15, 0.2) is 22.8 Å². The first kappa shape index (κ1) is 28.4. The number of rotatable bonds is 5. The lowest BCUT2D eigenvalue weighted by Gasteiger charge is -2.69. The third kappa shape index (κ3) is 4.40. The number of aliphatic hydroxyl groups excluding tert-OH is 2. The molecule has 0 aromatic carbocycles. The first-order valence-electron chi connectivity index (χ1n) is 14.3. The highest BCUT2D eigenvalue weighted by Crippen LogP contribution is 2.74. The van der Waals surface area contributed by atoms with Crippen LogP contribution in [-0.2, 0) is 14.3 Å². The molecule has 0 amide bonds. The van der Waals surface area contributed by atoms with Crippen molar-refractivity contribution in [3.05, 3.63) is 22.8 Å². The molecule has 4 fully saturated rings. The van der Waals surface area contributed by atoms with Gasteiger partial charge in [-0.2, -0.15) is 0 Å². The molecule has 7 unspecified atom stereocenters. The van der Waals surface area contributed by atoms with Gasteiger partial charge in [0.05, 0.1) is 12.2 Å². The molecule has 10 atom stereocenters. The van der Waals surface area contributed by atoms with Gasteiger partial charge in [-0.25, -0.2) is 4.79 Å². The van der Waals surface area contributed by atoms with Crippen molar-refractivity contribution >= 4 is 11.9 Å². The maximum atomic E-state index is 12.6. The number of carboxylic acids is 1. The third-order valence-corrected chi connectivity index (χ3v) is 11.6. The van der Waals surface area contributed by atoms with Crippen LogP contribution in [0.25, 0.3) is 0 Å². The summed E-state index contributed by atoms with van der Waals surface area (Å²) in [7, 11) is 0. The van der Waals surface area contributed by atoms with E-state index >= 15 is 0 Å². The number of allylic oxidation sites excluding steroid dienone is 2. The Bertz CT molecular complexity index is 994. The largest absolute Gasteiger partial charge is 0.478 e. The van der Waals surface area contributed by atoms with Gasteiger partial charge in [0, 0.05) is 12.5 Å². The Kier molecular flexibility index (Phi) is 7.53. The molecule has 0 aromatic heterocycles. The van der Waals surface area contributed by atoms with Crippen molar-refractivity contribution in [2.45, 2.75) is 118 Å². The number of carbonyl (C=O) groups excluding carboxylic acids is 1. The summed E-state index contributed by atoms with van der Waals surface area (Å²) in [6.45, 7) is 14.5. The highest BCUT2D eigenvalue weighted by atomic mass is 16.5. The standard InChI is InChI=1S/C31H48O6/c1-17(2)9-8-10-20(28(35)36)26-22-15-24(34)27-29(5)13-12-23(33)18(3)21(29)11-14-30(27,6)31(22,7)16-25(26)37-19(4)32/h9,18,21-25,27,33-34H,8,10-16H2,1-7H3,(H,35,36)/t18?,21?,22?,23?,24?,25?,27?,29-,30-,31-/m0/s1. The zero-order chi connectivity index (χ0) is 27.5. The average molecular weight is 517 g/mol. The predicted octanol–water partition coefficient (Wildman–Crippen LogP) is 5.67. The van der Waals surface area contributed by atoms with Crippen molar-refractivity contribution in [3.8, 4) is 0 Å². The molecule has 6 nitrogen and oxygen atoms in total. The van der Waals surface area contributed by atoms with Crippen molar-refractivity contribution in [3.63, 3.8) is 0 Å². The van der Waals surface area contributed by atoms with Gasteiger partial charge in [-0.1, -0.05) is 39.3 Å². The summed E-state index contributed by atoms with van der Waals surface area (Å²) < 4.78 is 5.87. The fourth-order valence-electron chi connectivity index (χ4n) is 9.79. The van der Waals surface area contributed by atoms with Crippen molar-refractivity contribution in [2.75, 3.05) is 0 Å². The second-order valence-corrected chi connectivity index (χ2v) is 13.6. The van der Waals surface area contributed by atoms with Gasteiger partial charge in [-0.15, -0.1) is 0 Å². The lowest BCUT2D eigenvalue weighted by Crippen LogP contribution is -2.65. The third-order valence-electron chi connectivity index (χ3n) is 11.6. The number of hydrogen-bond acceptors (Lipinski definition) is 5.